The Labute approximate surface area is 118 Å². The largest absolute Gasteiger partial charge is 0.483 e. The summed E-state index contributed by atoms with van der Waals surface area (Å²) < 4.78 is 18.9. The van der Waals surface area contributed by atoms with Crippen LogP contribution in [0.25, 0.3) is 0 Å². The summed E-state index contributed by atoms with van der Waals surface area (Å²) in [7, 11) is 0. The van der Waals surface area contributed by atoms with Gasteiger partial charge in [0.2, 0.25) is 0 Å². The summed E-state index contributed by atoms with van der Waals surface area (Å²) in [6.07, 6.45) is 5.62. The molecule has 1 amide bonds. The molecule has 1 fully saturated rings. The van der Waals surface area contributed by atoms with E-state index in [-0.39, 0.29) is 25.1 Å². The Morgan fingerprint density at radius 1 is 1.35 bits per heavy atom. The van der Waals surface area contributed by atoms with Crippen molar-refractivity contribution in [2.24, 2.45) is 5.73 Å². The molecule has 1 aromatic rings. The van der Waals surface area contributed by atoms with E-state index in [0.29, 0.717) is 11.3 Å². The maximum absolute atomic E-state index is 13.5. The van der Waals surface area contributed by atoms with Crippen molar-refractivity contribution in [3.63, 3.8) is 0 Å². The SMILES string of the molecule is NCc1c(F)cccc1OCC(=O)NC1CCCCC1. The molecular formula is C15H21FN2O2. The number of nitrogens with two attached hydrogens (primary N) is 1. The van der Waals surface area contributed by atoms with Gasteiger partial charge in [0.15, 0.2) is 6.61 Å². The number of rotatable bonds is 5. The van der Waals surface area contributed by atoms with Crippen molar-refractivity contribution >= 4 is 5.91 Å². The number of carbonyl (C=O) groups is 1. The molecule has 2 rings (SSSR count). The van der Waals surface area contributed by atoms with Gasteiger partial charge in [-0.05, 0) is 25.0 Å². The molecule has 20 heavy (non-hydrogen) atoms. The molecule has 0 atom stereocenters. The van der Waals surface area contributed by atoms with Crippen LogP contribution in [0.5, 0.6) is 5.75 Å². The van der Waals surface area contributed by atoms with Crippen molar-refractivity contribution < 1.29 is 13.9 Å². The molecule has 0 aliphatic heterocycles. The van der Waals surface area contributed by atoms with Gasteiger partial charge in [-0.15, -0.1) is 0 Å². The predicted octanol–water partition coefficient (Wildman–Crippen LogP) is 2.11. The maximum atomic E-state index is 13.5. The van der Waals surface area contributed by atoms with Gasteiger partial charge >= 0.3 is 0 Å². The number of hydrogen-bond acceptors (Lipinski definition) is 3. The number of carbonyl (C=O) groups excluding carboxylic acids is 1. The van der Waals surface area contributed by atoms with Gasteiger partial charge in [-0.1, -0.05) is 25.3 Å². The molecule has 3 N–H and O–H groups in total. The Balaban J connectivity index is 1.85. The van der Waals surface area contributed by atoms with Crippen LogP contribution < -0.4 is 15.8 Å². The average Bonchev–Trinajstić information content (AvgIpc) is 2.46. The quantitative estimate of drug-likeness (QED) is 0.868. The number of halogens is 1. The molecule has 5 heteroatoms. The van der Waals surface area contributed by atoms with Crippen LogP contribution >= 0.6 is 0 Å². The first kappa shape index (κ1) is 14.8. The first-order chi connectivity index (χ1) is 9.70. The summed E-state index contributed by atoms with van der Waals surface area (Å²) in [5.74, 6) is -0.229. The van der Waals surface area contributed by atoms with E-state index in [4.69, 9.17) is 10.5 Å². The third-order valence-electron chi connectivity index (χ3n) is 3.61. The van der Waals surface area contributed by atoms with E-state index in [1.165, 1.54) is 12.5 Å². The molecule has 0 spiro atoms. The summed E-state index contributed by atoms with van der Waals surface area (Å²) in [5.41, 5.74) is 5.79. The first-order valence-corrected chi connectivity index (χ1v) is 7.10. The lowest BCUT2D eigenvalue weighted by molar-refractivity contribution is -0.124. The maximum Gasteiger partial charge on any atom is 0.258 e. The van der Waals surface area contributed by atoms with Crippen LogP contribution in [0.15, 0.2) is 18.2 Å². The lowest BCUT2D eigenvalue weighted by atomic mass is 9.95. The number of benzene rings is 1. The summed E-state index contributed by atoms with van der Waals surface area (Å²) in [5, 5.41) is 2.95. The Bertz CT molecular complexity index is 459. The minimum Gasteiger partial charge on any atom is -0.483 e. The smallest absolute Gasteiger partial charge is 0.258 e. The summed E-state index contributed by atoms with van der Waals surface area (Å²) in [4.78, 5) is 11.8. The Morgan fingerprint density at radius 3 is 2.80 bits per heavy atom. The molecule has 0 saturated heterocycles. The topological polar surface area (TPSA) is 64.3 Å². The molecule has 0 heterocycles. The van der Waals surface area contributed by atoms with Gasteiger partial charge in [0.1, 0.15) is 11.6 Å². The second kappa shape index (κ2) is 7.24. The Hall–Kier alpha value is -1.62. The van der Waals surface area contributed by atoms with Crippen LogP contribution in [0, 0.1) is 5.82 Å². The van der Waals surface area contributed by atoms with Crippen molar-refractivity contribution in [1.29, 1.82) is 0 Å². The second-order valence-electron chi connectivity index (χ2n) is 5.11. The van der Waals surface area contributed by atoms with Crippen LogP contribution in [-0.4, -0.2) is 18.6 Å². The van der Waals surface area contributed by atoms with E-state index < -0.39 is 5.82 Å². The zero-order valence-corrected chi connectivity index (χ0v) is 11.5. The molecule has 1 saturated carbocycles. The van der Waals surface area contributed by atoms with Crippen molar-refractivity contribution in [2.45, 2.75) is 44.7 Å². The van der Waals surface area contributed by atoms with Crippen molar-refractivity contribution in [3.05, 3.63) is 29.6 Å². The highest BCUT2D eigenvalue weighted by Gasteiger charge is 2.16. The fourth-order valence-electron chi connectivity index (χ4n) is 2.53. The van der Waals surface area contributed by atoms with Crippen LogP contribution in [0.3, 0.4) is 0 Å². The highest BCUT2D eigenvalue weighted by atomic mass is 19.1. The Morgan fingerprint density at radius 2 is 2.10 bits per heavy atom. The van der Waals surface area contributed by atoms with E-state index in [0.717, 1.165) is 25.7 Å². The van der Waals surface area contributed by atoms with Crippen LogP contribution in [-0.2, 0) is 11.3 Å². The summed E-state index contributed by atoms with van der Waals surface area (Å²) >= 11 is 0. The highest BCUT2D eigenvalue weighted by Crippen LogP contribution is 2.21. The van der Waals surface area contributed by atoms with Crippen LogP contribution in [0.4, 0.5) is 4.39 Å². The molecule has 0 unspecified atom stereocenters. The fourth-order valence-corrected chi connectivity index (χ4v) is 2.53. The first-order valence-electron chi connectivity index (χ1n) is 7.10. The van der Waals surface area contributed by atoms with E-state index in [2.05, 4.69) is 5.32 Å². The second-order valence-corrected chi connectivity index (χ2v) is 5.11. The molecular weight excluding hydrogens is 259 g/mol. The van der Waals surface area contributed by atoms with Gasteiger partial charge in [-0.2, -0.15) is 0 Å². The van der Waals surface area contributed by atoms with Gasteiger partial charge in [0.05, 0.1) is 0 Å². The lowest BCUT2D eigenvalue weighted by Gasteiger charge is -2.22. The normalized spacial score (nSPS) is 15.9. The third-order valence-corrected chi connectivity index (χ3v) is 3.61. The molecule has 0 aromatic heterocycles. The molecule has 1 aliphatic rings. The summed E-state index contributed by atoms with van der Waals surface area (Å²) in [6.45, 7) is -0.0563. The number of amides is 1. The zero-order valence-electron chi connectivity index (χ0n) is 11.5. The lowest BCUT2D eigenvalue weighted by Crippen LogP contribution is -2.39. The monoisotopic (exact) mass is 280 g/mol. The van der Waals surface area contributed by atoms with E-state index in [1.54, 1.807) is 12.1 Å². The molecule has 0 radical (unpaired) electrons. The predicted molar refractivity (Wildman–Crippen MR) is 74.8 cm³/mol. The molecule has 4 nitrogen and oxygen atoms in total. The van der Waals surface area contributed by atoms with Gasteiger partial charge in [0.25, 0.3) is 5.91 Å². The van der Waals surface area contributed by atoms with Crippen molar-refractivity contribution in [1.82, 2.24) is 5.32 Å². The van der Waals surface area contributed by atoms with Gasteiger partial charge < -0.3 is 15.8 Å². The van der Waals surface area contributed by atoms with Gasteiger partial charge in [-0.25, -0.2) is 4.39 Å². The summed E-state index contributed by atoms with van der Waals surface area (Å²) in [6, 6.07) is 4.75. The van der Waals surface area contributed by atoms with Crippen molar-refractivity contribution in [2.75, 3.05) is 6.61 Å². The van der Waals surface area contributed by atoms with Crippen LogP contribution in [0.2, 0.25) is 0 Å². The zero-order chi connectivity index (χ0) is 14.4. The number of ether oxygens (including phenoxy) is 1. The van der Waals surface area contributed by atoms with Crippen LogP contribution in [0.1, 0.15) is 37.7 Å². The number of nitrogens with one attached hydrogen (secondary N) is 1. The van der Waals surface area contributed by atoms with Gasteiger partial charge in [-0.3, -0.25) is 4.79 Å². The Kier molecular flexibility index (Phi) is 5.35. The minimum atomic E-state index is -0.405. The van der Waals surface area contributed by atoms with Gasteiger partial charge in [0, 0.05) is 18.2 Å². The van der Waals surface area contributed by atoms with E-state index in [9.17, 15) is 9.18 Å². The third kappa shape index (κ3) is 3.93. The average molecular weight is 280 g/mol. The molecule has 1 aromatic carbocycles. The molecule has 110 valence electrons. The van der Waals surface area contributed by atoms with E-state index in [1.807, 2.05) is 0 Å². The standard InChI is InChI=1S/C15H21FN2O2/c16-13-7-4-8-14(12(13)9-17)20-10-15(19)18-11-5-2-1-3-6-11/h4,7-8,11H,1-3,5-6,9-10,17H2,(H,18,19). The van der Waals surface area contributed by atoms with E-state index >= 15 is 0 Å². The molecule has 0 bridgehead atoms. The van der Waals surface area contributed by atoms with Crippen molar-refractivity contribution in [3.8, 4) is 5.75 Å². The minimum absolute atomic E-state index is 0.0479. The molecule has 1 aliphatic carbocycles. The fraction of sp³-hybridized carbons (Fsp3) is 0.533. The number of hydrogen-bond donors (Lipinski definition) is 2. The highest BCUT2D eigenvalue weighted by molar-refractivity contribution is 5.77.